The van der Waals surface area contributed by atoms with E-state index in [-0.39, 0.29) is 11.8 Å². The minimum absolute atomic E-state index is 0.0379. The first-order valence-electron chi connectivity index (χ1n) is 9.00. The Hall–Kier alpha value is -1.66. The lowest BCUT2D eigenvalue weighted by atomic mass is 10.0. The zero-order chi connectivity index (χ0) is 19.5. The molecular formula is C21H24Br2N2O2. The molecule has 4 nitrogen and oxygen atoms in total. The first-order valence-corrected chi connectivity index (χ1v) is 11.2. The van der Waals surface area contributed by atoms with Crippen molar-refractivity contribution in [3.63, 3.8) is 0 Å². The smallest absolute Gasteiger partial charge is 0.224 e. The quantitative estimate of drug-likeness (QED) is 0.427. The van der Waals surface area contributed by atoms with E-state index < -0.39 is 0 Å². The van der Waals surface area contributed by atoms with Crippen molar-refractivity contribution in [2.24, 2.45) is 0 Å². The van der Waals surface area contributed by atoms with Gasteiger partial charge in [0.15, 0.2) is 0 Å². The van der Waals surface area contributed by atoms with Crippen LogP contribution in [-0.2, 0) is 16.0 Å². The fraction of sp³-hybridized carbons (Fsp3) is 0.333. The lowest BCUT2D eigenvalue weighted by Gasteiger charge is -2.08. The fourth-order valence-corrected chi connectivity index (χ4v) is 3.11. The van der Waals surface area contributed by atoms with Gasteiger partial charge in [-0.1, -0.05) is 56.1 Å². The number of carbonyl (C=O) groups excluding carboxylic acids is 2. The Morgan fingerprint density at radius 3 is 1.37 bits per heavy atom. The maximum atomic E-state index is 11.7. The summed E-state index contributed by atoms with van der Waals surface area (Å²) in [6.07, 6.45) is 3.50. The van der Waals surface area contributed by atoms with Crippen molar-refractivity contribution in [3.8, 4) is 0 Å². The van der Waals surface area contributed by atoms with Crippen molar-refractivity contribution in [2.75, 3.05) is 21.3 Å². The molecule has 2 aromatic rings. The Morgan fingerprint density at radius 1 is 0.667 bits per heavy atom. The van der Waals surface area contributed by atoms with Gasteiger partial charge in [-0.2, -0.15) is 0 Å². The number of anilines is 2. The van der Waals surface area contributed by atoms with E-state index >= 15 is 0 Å². The van der Waals surface area contributed by atoms with Gasteiger partial charge < -0.3 is 10.6 Å². The molecule has 0 aliphatic carbocycles. The molecule has 6 heteroatoms. The molecule has 2 aromatic carbocycles. The maximum absolute atomic E-state index is 11.7. The first-order chi connectivity index (χ1) is 13.1. The van der Waals surface area contributed by atoms with Gasteiger partial charge in [0.05, 0.1) is 0 Å². The van der Waals surface area contributed by atoms with Crippen LogP contribution in [-0.4, -0.2) is 22.5 Å². The number of nitrogens with one attached hydrogen (secondary N) is 2. The summed E-state index contributed by atoms with van der Waals surface area (Å²) in [5.74, 6) is 0.0759. The predicted octanol–water partition coefficient (Wildman–Crippen LogP) is 5.50. The minimum Gasteiger partial charge on any atom is -0.326 e. The highest BCUT2D eigenvalue weighted by atomic mass is 79.9. The van der Waals surface area contributed by atoms with E-state index in [9.17, 15) is 9.59 Å². The van der Waals surface area contributed by atoms with Gasteiger partial charge >= 0.3 is 0 Å². The third kappa shape index (κ3) is 8.26. The number of hydrogen-bond donors (Lipinski definition) is 2. The maximum Gasteiger partial charge on any atom is 0.224 e. The lowest BCUT2D eigenvalue weighted by molar-refractivity contribution is -0.117. The summed E-state index contributed by atoms with van der Waals surface area (Å²) in [5.41, 5.74) is 3.98. The van der Waals surface area contributed by atoms with Crippen molar-refractivity contribution in [3.05, 3.63) is 59.7 Å². The number of benzene rings is 2. The van der Waals surface area contributed by atoms with Crippen molar-refractivity contribution < 1.29 is 9.59 Å². The summed E-state index contributed by atoms with van der Waals surface area (Å²) in [6.45, 7) is 0. The molecule has 144 valence electrons. The summed E-state index contributed by atoms with van der Waals surface area (Å²) < 4.78 is 0. The van der Waals surface area contributed by atoms with Gasteiger partial charge in [-0.3, -0.25) is 9.59 Å². The molecular weight excluding hydrogens is 472 g/mol. The fourth-order valence-electron chi connectivity index (χ4n) is 2.55. The van der Waals surface area contributed by atoms with Gasteiger partial charge in [-0.25, -0.2) is 0 Å². The van der Waals surface area contributed by atoms with Crippen LogP contribution in [0.4, 0.5) is 11.4 Å². The van der Waals surface area contributed by atoms with Crippen LogP contribution in [0.25, 0.3) is 0 Å². The topological polar surface area (TPSA) is 58.2 Å². The Labute approximate surface area is 177 Å². The number of halogens is 2. The molecule has 0 aliphatic rings. The third-order valence-corrected chi connectivity index (χ3v) is 5.08. The number of carbonyl (C=O) groups is 2. The molecule has 0 saturated carbocycles. The van der Waals surface area contributed by atoms with Crippen LogP contribution in [0.1, 0.15) is 36.8 Å². The van der Waals surface area contributed by atoms with Gasteiger partial charge in [0.1, 0.15) is 0 Å². The van der Waals surface area contributed by atoms with Crippen LogP contribution < -0.4 is 10.6 Å². The lowest BCUT2D eigenvalue weighted by Crippen LogP contribution is -2.11. The van der Waals surface area contributed by atoms with Gasteiger partial charge in [-0.15, -0.1) is 0 Å². The van der Waals surface area contributed by atoms with Crippen LogP contribution in [0.3, 0.4) is 0 Å². The SMILES string of the molecule is O=C(CCCBr)Nc1ccc(Cc2ccc(NC(=O)CCCBr)cc2)cc1. The Balaban J connectivity index is 1.86. The van der Waals surface area contributed by atoms with Gasteiger partial charge in [-0.05, 0) is 54.7 Å². The molecule has 0 aliphatic heterocycles. The number of amides is 2. The Bertz CT molecular complexity index is 667. The summed E-state index contributed by atoms with van der Waals surface area (Å²) >= 11 is 6.66. The number of rotatable bonds is 10. The zero-order valence-corrected chi connectivity index (χ0v) is 18.3. The van der Waals surface area contributed by atoms with E-state index in [0.29, 0.717) is 12.8 Å². The van der Waals surface area contributed by atoms with Crippen molar-refractivity contribution in [2.45, 2.75) is 32.1 Å². The monoisotopic (exact) mass is 494 g/mol. The molecule has 0 radical (unpaired) electrons. The Morgan fingerprint density at radius 2 is 1.04 bits per heavy atom. The summed E-state index contributed by atoms with van der Waals surface area (Å²) in [5, 5.41) is 7.47. The van der Waals surface area contributed by atoms with E-state index in [1.807, 2.05) is 48.5 Å². The van der Waals surface area contributed by atoms with Gasteiger partial charge in [0.2, 0.25) is 11.8 Å². The second kappa shape index (κ2) is 11.9. The number of alkyl halides is 2. The Kier molecular flexibility index (Phi) is 9.56. The molecule has 0 fully saturated rings. The van der Waals surface area contributed by atoms with E-state index in [1.54, 1.807) is 0 Å². The largest absolute Gasteiger partial charge is 0.326 e. The van der Waals surface area contributed by atoms with E-state index in [2.05, 4.69) is 42.5 Å². The van der Waals surface area contributed by atoms with Gasteiger partial charge in [0.25, 0.3) is 0 Å². The summed E-state index contributed by atoms with van der Waals surface area (Å²) in [4.78, 5) is 23.5. The highest BCUT2D eigenvalue weighted by Gasteiger charge is 2.04. The number of hydrogen-bond acceptors (Lipinski definition) is 2. The summed E-state index contributed by atoms with van der Waals surface area (Å²) in [6, 6.07) is 15.8. The van der Waals surface area contributed by atoms with Crippen LogP contribution in [0.15, 0.2) is 48.5 Å². The first kappa shape index (κ1) is 21.6. The van der Waals surface area contributed by atoms with Crippen LogP contribution >= 0.6 is 31.9 Å². The normalized spacial score (nSPS) is 10.4. The van der Waals surface area contributed by atoms with E-state index in [0.717, 1.165) is 41.3 Å². The van der Waals surface area contributed by atoms with Crippen LogP contribution in [0.2, 0.25) is 0 Å². The van der Waals surface area contributed by atoms with Crippen molar-refractivity contribution >= 4 is 55.0 Å². The average molecular weight is 496 g/mol. The van der Waals surface area contributed by atoms with E-state index in [1.165, 1.54) is 11.1 Å². The molecule has 0 spiro atoms. The van der Waals surface area contributed by atoms with Crippen molar-refractivity contribution in [1.82, 2.24) is 0 Å². The molecule has 0 atom stereocenters. The van der Waals surface area contributed by atoms with Crippen LogP contribution in [0, 0.1) is 0 Å². The molecule has 0 unspecified atom stereocenters. The molecule has 0 saturated heterocycles. The highest BCUT2D eigenvalue weighted by Crippen LogP contribution is 2.16. The van der Waals surface area contributed by atoms with Gasteiger partial charge in [0, 0.05) is 34.9 Å². The molecule has 2 N–H and O–H groups in total. The summed E-state index contributed by atoms with van der Waals surface area (Å²) in [7, 11) is 0. The van der Waals surface area contributed by atoms with Crippen molar-refractivity contribution in [1.29, 1.82) is 0 Å². The van der Waals surface area contributed by atoms with Crippen LogP contribution in [0.5, 0.6) is 0 Å². The second-order valence-corrected chi connectivity index (χ2v) is 7.84. The van der Waals surface area contributed by atoms with E-state index in [4.69, 9.17) is 0 Å². The standard InChI is InChI=1S/C21H24Br2N2O2/c22-13-1-3-20(26)24-18-9-5-16(6-10-18)15-17-7-11-19(12-8-17)25-21(27)4-2-14-23/h5-12H,1-4,13-15H2,(H,24,26)(H,25,27). The highest BCUT2D eigenvalue weighted by molar-refractivity contribution is 9.09. The average Bonchev–Trinajstić information content (AvgIpc) is 2.68. The zero-order valence-electron chi connectivity index (χ0n) is 15.1. The predicted molar refractivity (Wildman–Crippen MR) is 119 cm³/mol. The third-order valence-electron chi connectivity index (χ3n) is 3.96. The molecule has 0 bridgehead atoms. The molecule has 0 heterocycles. The minimum atomic E-state index is 0.0379. The molecule has 2 rings (SSSR count). The molecule has 2 amide bonds. The molecule has 27 heavy (non-hydrogen) atoms. The second-order valence-electron chi connectivity index (χ2n) is 6.25. The molecule has 0 aromatic heterocycles.